The second kappa shape index (κ2) is 8.22. The van der Waals surface area contributed by atoms with Crippen LogP contribution in [-0.4, -0.2) is 49.2 Å². The topological polar surface area (TPSA) is 81.5 Å². The van der Waals surface area contributed by atoms with E-state index in [0.717, 1.165) is 12.1 Å². The minimum absolute atomic E-state index is 0.0230. The van der Waals surface area contributed by atoms with Gasteiger partial charge in [-0.3, -0.25) is 4.79 Å². The van der Waals surface area contributed by atoms with E-state index in [9.17, 15) is 26.4 Å². The maximum Gasteiger partial charge on any atom is 0.416 e. The summed E-state index contributed by atoms with van der Waals surface area (Å²) in [6, 6.07) is 12.3. The van der Waals surface area contributed by atoms with Gasteiger partial charge in [-0.2, -0.15) is 22.7 Å². The summed E-state index contributed by atoms with van der Waals surface area (Å²) < 4.78 is 66.3. The maximum atomic E-state index is 13.0. The molecule has 1 amide bonds. The second-order valence-electron chi connectivity index (χ2n) is 8.02. The highest BCUT2D eigenvalue weighted by atomic mass is 32.2. The van der Waals surface area contributed by atoms with Gasteiger partial charge in [-0.15, -0.1) is 0 Å². The average molecular weight is 463 g/mol. The van der Waals surface area contributed by atoms with Crippen LogP contribution in [0.15, 0.2) is 53.4 Å². The fraction of sp³-hybridized carbons (Fsp3) is 0.364. The first-order chi connectivity index (χ1) is 15.1. The molecule has 4 rings (SSSR count). The molecule has 0 aromatic heterocycles. The van der Waals surface area contributed by atoms with Crippen LogP contribution in [0.3, 0.4) is 0 Å². The highest BCUT2D eigenvalue weighted by Gasteiger charge is 2.44. The van der Waals surface area contributed by atoms with Crippen LogP contribution in [-0.2, 0) is 27.4 Å². The monoisotopic (exact) mass is 463 g/mol. The van der Waals surface area contributed by atoms with Crippen molar-refractivity contribution in [1.29, 1.82) is 5.26 Å². The Morgan fingerprint density at radius 1 is 1.09 bits per heavy atom. The lowest BCUT2D eigenvalue weighted by Gasteiger charge is -2.36. The number of piperazine rings is 1. The predicted molar refractivity (Wildman–Crippen MR) is 109 cm³/mol. The van der Waals surface area contributed by atoms with Gasteiger partial charge in [-0.05, 0) is 42.7 Å². The van der Waals surface area contributed by atoms with Crippen molar-refractivity contribution in [3.05, 3.63) is 65.2 Å². The number of rotatable bonds is 4. The number of sulfonamides is 1. The molecule has 168 valence electrons. The Hall–Kier alpha value is -2.90. The zero-order valence-corrected chi connectivity index (χ0v) is 17.7. The molecule has 1 unspecified atom stereocenters. The average Bonchev–Trinajstić information content (AvgIpc) is 3.08. The fourth-order valence-electron chi connectivity index (χ4n) is 4.41. The highest BCUT2D eigenvalue weighted by Crippen LogP contribution is 2.34. The van der Waals surface area contributed by atoms with Gasteiger partial charge >= 0.3 is 6.18 Å². The molecule has 2 aliphatic heterocycles. The lowest BCUT2D eigenvalue weighted by molar-refractivity contribution is -0.137. The summed E-state index contributed by atoms with van der Waals surface area (Å²) in [7, 11) is -3.83. The van der Waals surface area contributed by atoms with Crippen molar-refractivity contribution in [2.75, 3.05) is 19.6 Å². The summed E-state index contributed by atoms with van der Waals surface area (Å²) >= 11 is 0. The Kier molecular flexibility index (Phi) is 5.73. The molecule has 0 N–H and O–H groups in total. The van der Waals surface area contributed by atoms with Crippen molar-refractivity contribution in [2.45, 2.75) is 30.0 Å². The summed E-state index contributed by atoms with van der Waals surface area (Å²) in [5.74, 6) is -0.649. The van der Waals surface area contributed by atoms with Gasteiger partial charge in [0.15, 0.2) is 0 Å². The molecular formula is C22H20F3N3O3S. The Balaban J connectivity index is 1.49. The predicted octanol–water partition coefficient (Wildman–Crippen LogP) is 3.04. The van der Waals surface area contributed by atoms with E-state index >= 15 is 0 Å². The molecule has 2 fully saturated rings. The molecule has 6 nitrogen and oxygen atoms in total. The number of benzene rings is 2. The van der Waals surface area contributed by atoms with E-state index in [-0.39, 0.29) is 48.5 Å². The summed E-state index contributed by atoms with van der Waals surface area (Å²) in [4.78, 5) is 14.5. The third-order valence-electron chi connectivity index (χ3n) is 5.97. The third kappa shape index (κ3) is 4.23. The molecule has 10 heteroatoms. The molecule has 0 spiro atoms. The van der Waals surface area contributed by atoms with Gasteiger partial charge in [-0.1, -0.05) is 24.3 Å². The fourth-order valence-corrected chi connectivity index (χ4v) is 5.92. The molecule has 0 saturated carbocycles. The van der Waals surface area contributed by atoms with Gasteiger partial charge in [0, 0.05) is 31.6 Å². The van der Waals surface area contributed by atoms with Crippen LogP contribution in [0.5, 0.6) is 0 Å². The van der Waals surface area contributed by atoms with E-state index < -0.39 is 27.7 Å². The number of halogens is 3. The summed E-state index contributed by atoms with van der Waals surface area (Å²) in [5, 5.41) is 9.04. The van der Waals surface area contributed by atoms with Gasteiger partial charge in [0.25, 0.3) is 0 Å². The molecule has 2 saturated heterocycles. The largest absolute Gasteiger partial charge is 0.416 e. The van der Waals surface area contributed by atoms with Crippen LogP contribution >= 0.6 is 0 Å². The maximum absolute atomic E-state index is 13.0. The highest BCUT2D eigenvalue weighted by molar-refractivity contribution is 7.89. The number of hydrogen-bond donors (Lipinski definition) is 0. The van der Waals surface area contributed by atoms with Crippen molar-refractivity contribution in [3.8, 4) is 6.07 Å². The van der Waals surface area contributed by atoms with E-state index in [0.29, 0.717) is 12.0 Å². The van der Waals surface area contributed by atoms with Gasteiger partial charge < -0.3 is 4.90 Å². The number of fused-ring (bicyclic) bond motifs is 1. The molecular weight excluding hydrogens is 443 g/mol. The first-order valence-electron chi connectivity index (χ1n) is 10.1. The van der Waals surface area contributed by atoms with Crippen LogP contribution < -0.4 is 0 Å². The van der Waals surface area contributed by atoms with Crippen molar-refractivity contribution in [3.63, 3.8) is 0 Å². The van der Waals surface area contributed by atoms with E-state index in [1.165, 1.54) is 34.6 Å². The first-order valence-corrected chi connectivity index (χ1v) is 11.5. The Labute approximate surface area is 183 Å². The Bertz CT molecular complexity index is 1190. The number of hydrogen-bond acceptors (Lipinski definition) is 4. The standard InChI is InChI=1S/C22H20F3N3O3S/c23-22(24,25)18-5-1-3-15(10-18)9-17-12-19-14-27(7-8-28(19)21(17)29)32(30,31)20-6-2-4-16(11-20)13-26/h1-6,10-11,17,19H,7-9,12,14H2/t17?,19-/m0/s1. The minimum atomic E-state index is -4.45. The third-order valence-corrected chi connectivity index (χ3v) is 7.83. The molecule has 2 atom stereocenters. The summed E-state index contributed by atoms with van der Waals surface area (Å²) in [6.07, 6.45) is -3.91. The van der Waals surface area contributed by atoms with Gasteiger partial charge in [0.2, 0.25) is 15.9 Å². The molecule has 0 aliphatic carbocycles. The number of carbonyl (C=O) groups excluding carboxylic acids is 1. The van der Waals surface area contributed by atoms with E-state index in [1.54, 1.807) is 11.0 Å². The van der Waals surface area contributed by atoms with Gasteiger partial charge in [0.1, 0.15) is 0 Å². The minimum Gasteiger partial charge on any atom is -0.337 e. The Morgan fingerprint density at radius 3 is 2.56 bits per heavy atom. The number of amides is 1. The Morgan fingerprint density at radius 2 is 1.84 bits per heavy atom. The zero-order valence-electron chi connectivity index (χ0n) is 16.9. The van der Waals surface area contributed by atoms with Crippen molar-refractivity contribution in [1.82, 2.24) is 9.21 Å². The molecule has 2 aromatic carbocycles. The molecule has 0 radical (unpaired) electrons. The molecule has 32 heavy (non-hydrogen) atoms. The smallest absolute Gasteiger partial charge is 0.337 e. The van der Waals surface area contributed by atoms with Crippen LogP contribution in [0.1, 0.15) is 23.1 Å². The van der Waals surface area contributed by atoms with Crippen molar-refractivity contribution in [2.24, 2.45) is 5.92 Å². The number of nitriles is 1. The summed E-state index contributed by atoms with van der Waals surface area (Å²) in [6.45, 7) is 0.460. The van der Waals surface area contributed by atoms with Gasteiger partial charge in [-0.25, -0.2) is 8.42 Å². The van der Waals surface area contributed by atoms with Crippen molar-refractivity contribution < 1.29 is 26.4 Å². The SMILES string of the molecule is N#Cc1cccc(S(=O)(=O)N2CCN3C(=O)C(Cc4cccc(C(F)(F)F)c4)C[C@H]3C2)c1. The normalized spacial score (nSPS) is 21.9. The zero-order chi connectivity index (χ0) is 23.1. The first kappa shape index (κ1) is 22.3. The van der Waals surface area contributed by atoms with Crippen LogP contribution in [0.25, 0.3) is 0 Å². The lowest BCUT2D eigenvalue weighted by atomic mass is 9.95. The van der Waals surface area contributed by atoms with E-state index in [2.05, 4.69) is 0 Å². The van der Waals surface area contributed by atoms with Crippen LogP contribution in [0.2, 0.25) is 0 Å². The molecule has 2 heterocycles. The van der Waals surface area contributed by atoms with E-state index in [4.69, 9.17) is 5.26 Å². The molecule has 0 bridgehead atoms. The van der Waals surface area contributed by atoms with Gasteiger partial charge in [0.05, 0.1) is 22.1 Å². The summed E-state index contributed by atoms with van der Waals surface area (Å²) in [5.41, 5.74) is -0.0900. The number of carbonyl (C=O) groups is 1. The molecule has 2 aromatic rings. The van der Waals surface area contributed by atoms with Crippen molar-refractivity contribution >= 4 is 15.9 Å². The molecule has 2 aliphatic rings. The van der Waals surface area contributed by atoms with E-state index in [1.807, 2.05) is 6.07 Å². The van der Waals surface area contributed by atoms with Crippen LogP contribution in [0.4, 0.5) is 13.2 Å². The lowest BCUT2D eigenvalue weighted by Crippen LogP contribution is -2.53. The number of alkyl halides is 3. The number of nitrogens with zero attached hydrogens (tertiary/aromatic N) is 3. The van der Waals surface area contributed by atoms with Crippen LogP contribution in [0, 0.1) is 17.2 Å². The quantitative estimate of drug-likeness (QED) is 0.698. The second-order valence-corrected chi connectivity index (χ2v) is 9.96.